The molecule has 0 saturated heterocycles. The maximum absolute atomic E-state index is 5.41. The zero-order valence-electron chi connectivity index (χ0n) is 12.6. The van der Waals surface area contributed by atoms with Crippen LogP contribution in [0, 0.1) is 0 Å². The largest absolute Gasteiger partial charge is 0.497 e. The Morgan fingerprint density at radius 3 is 2.71 bits per heavy atom. The first-order chi connectivity index (χ1) is 10.3. The van der Waals surface area contributed by atoms with Crippen LogP contribution in [0.25, 0.3) is 22.0 Å². The van der Waals surface area contributed by atoms with Crippen LogP contribution in [0.2, 0.25) is 0 Å². The van der Waals surface area contributed by atoms with E-state index in [1.807, 2.05) is 0 Å². The van der Waals surface area contributed by atoms with Gasteiger partial charge in [0, 0.05) is 22.7 Å². The summed E-state index contributed by atoms with van der Waals surface area (Å²) in [6, 6.07) is 14.8. The number of rotatable bonds is 5. The van der Waals surface area contributed by atoms with Gasteiger partial charge in [-0.25, -0.2) is 0 Å². The van der Waals surface area contributed by atoms with Gasteiger partial charge in [0.25, 0.3) is 0 Å². The normalized spacial score (nSPS) is 11.0. The van der Waals surface area contributed by atoms with Gasteiger partial charge < -0.3 is 9.72 Å². The Morgan fingerprint density at radius 2 is 1.90 bits per heavy atom. The number of unbranched alkanes of at least 4 members (excludes halogenated alkanes) is 1. The van der Waals surface area contributed by atoms with Crippen LogP contribution in [0.1, 0.15) is 25.3 Å². The highest BCUT2D eigenvalue weighted by Gasteiger charge is 2.11. The lowest BCUT2D eigenvalue weighted by Gasteiger charge is -2.11. The summed E-state index contributed by atoms with van der Waals surface area (Å²) in [6.45, 7) is 2.23. The number of para-hydroxylation sites is 1. The molecule has 2 nitrogen and oxygen atoms in total. The average Bonchev–Trinajstić information content (AvgIpc) is 2.96. The Morgan fingerprint density at radius 1 is 1.05 bits per heavy atom. The van der Waals surface area contributed by atoms with Gasteiger partial charge in [-0.1, -0.05) is 37.6 Å². The van der Waals surface area contributed by atoms with E-state index in [1.165, 1.54) is 40.4 Å². The molecule has 0 aliphatic rings. The number of H-pyrrole nitrogens is 1. The van der Waals surface area contributed by atoms with Gasteiger partial charge in [0.2, 0.25) is 0 Å². The van der Waals surface area contributed by atoms with Crippen LogP contribution in [0.4, 0.5) is 0 Å². The van der Waals surface area contributed by atoms with E-state index in [0.29, 0.717) is 0 Å². The van der Waals surface area contributed by atoms with Crippen LogP contribution in [0.5, 0.6) is 5.75 Å². The van der Waals surface area contributed by atoms with E-state index >= 15 is 0 Å². The summed E-state index contributed by atoms with van der Waals surface area (Å²) >= 11 is 0. The molecule has 0 amide bonds. The minimum absolute atomic E-state index is 0.913. The van der Waals surface area contributed by atoms with Crippen LogP contribution in [-0.2, 0) is 6.42 Å². The van der Waals surface area contributed by atoms with Crippen LogP contribution in [0.15, 0.2) is 48.7 Å². The summed E-state index contributed by atoms with van der Waals surface area (Å²) in [7, 11) is 1.72. The zero-order chi connectivity index (χ0) is 14.7. The first-order valence-electron chi connectivity index (χ1n) is 7.57. The Labute approximate surface area is 125 Å². The fourth-order valence-electron chi connectivity index (χ4n) is 2.81. The van der Waals surface area contributed by atoms with Crippen LogP contribution in [-0.4, -0.2) is 12.1 Å². The number of methoxy groups -OCH3 is 1. The third kappa shape index (κ3) is 2.66. The van der Waals surface area contributed by atoms with E-state index in [4.69, 9.17) is 4.74 Å². The first-order valence-corrected chi connectivity index (χ1v) is 7.57. The Kier molecular flexibility index (Phi) is 3.96. The standard InChI is InChI=1S/C19H21NO/c1-3-4-7-14-10-11-15(21-2)12-17(14)18-13-20-19-9-6-5-8-16(18)19/h5-6,8-13,20H,3-4,7H2,1-2H3. The fraction of sp³-hybridized carbons (Fsp3) is 0.263. The molecule has 2 heteroatoms. The molecule has 1 heterocycles. The number of ether oxygens (including phenoxy) is 1. The van der Waals surface area contributed by atoms with Gasteiger partial charge in [0.1, 0.15) is 5.75 Å². The van der Waals surface area contributed by atoms with E-state index < -0.39 is 0 Å². The molecule has 3 aromatic rings. The van der Waals surface area contributed by atoms with Gasteiger partial charge in [-0.05, 0) is 42.2 Å². The molecule has 0 fully saturated rings. The minimum Gasteiger partial charge on any atom is -0.497 e. The molecule has 0 aliphatic heterocycles. The molecule has 0 unspecified atom stereocenters. The maximum Gasteiger partial charge on any atom is 0.119 e. The highest BCUT2D eigenvalue weighted by molar-refractivity contribution is 5.96. The van der Waals surface area contributed by atoms with Crippen molar-refractivity contribution in [2.24, 2.45) is 0 Å². The summed E-state index contributed by atoms with van der Waals surface area (Å²) in [5, 5.41) is 1.27. The van der Waals surface area contributed by atoms with E-state index in [0.717, 1.165) is 12.2 Å². The molecular weight excluding hydrogens is 258 g/mol. The molecule has 3 rings (SSSR count). The Balaban J connectivity index is 2.14. The van der Waals surface area contributed by atoms with E-state index in [1.54, 1.807) is 7.11 Å². The molecule has 0 bridgehead atoms. The molecular formula is C19H21NO. The summed E-state index contributed by atoms with van der Waals surface area (Å²) in [6.07, 6.45) is 5.63. The second-order valence-corrected chi connectivity index (χ2v) is 5.37. The lowest BCUT2D eigenvalue weighted by molar-refractivity contribution is 0.415. The summed E-state index contributed by atoms with van der Waals surface area (Å²) in [5.74, 6) is 0.913. The van der Waals surface area contributed by atoms with Crippen molar-refractivity contribution in [3.8, 4) is 16.9 Å². The van der Waals surface area contributed by atoms with Crippen molar-refractivity contribution in [3.63, 3.8) is 0 Å². The fourth-order valence-corrected chi connectivity index (χ4v) is 2.81. The molecule has 0 spiro atoms. The smallest absolute Gasteiger partial charge is 0.119 e. The van der Waals surface area contributed by atoms with Gasteiger partial charge in [-0.15, -0.1) is 0 Å². The Hall–Kier alpha value is -2.22. The van der Waals surface area contributed by atoms with Crippen molar-refractivity contribution < 1.29 is 4.74 Å². The predicted molar refractivity (Wildman–Crippen MR) is 88.9 cm³/mol. The number of aromatic nitrogens is 1. The minimum atomic E-state index is 0.913. The quantitative estimate of drug-likeness (QED) is 0.683. The molecule has 0 radical (unpaired) electrons. The van der Waals surface area contributed by atoms with Crippen molar-refractivity contribution in [2.75, 3.05) is 7.11 Å². The molecule has 0 atom stereocenters. The van der Waals surface area contributed by atoms with Crippen molar-refractivity contribution >= 4 is 10.9 Å². The van der Waals surface area contributed by atoms with E-state index in [-0.39, 0.29) is 0 Å². The van der Waals surface area contributed by atoms with E-state index in [9.17, 15) is 0 Å². The average molecular weight is 279 g/mol. The highest BCUT2D eigenvalue weighted by Crippen LogP contribution is 2.34. The van der Waals surface area contributed by atoms with Gasteiger partial charge in [0.05, 0.1) is 7.11 Å². The number of hydrogen-bond acceptors (Lipinski definition) is 1. The van der Waals surface area contributed by atoms with Gasteiger partial charge in [0.15, 0.2) is 0 Å². The maximum atomic E-state index is 5.41. The first kappa shape index (κ1) is 13.7. The number of hydrogen-bond donors (Lipinski definition) is 1. The lowest BCUT2D eigenvalue weighted by atomic mass is 9.95. The monoisotopic (exact) mass is 279 g/mol. The van der Waals surface area contributed by atoms with Crippen LogP contribution >= 0.6 is 0 Å². The number of fused-ring (bicyclic) bond motifs is 1. The topological polar surface area (TPSA) is 25.0 Å². The molecule has 0 saturated carbocycles. The number of benzene rings is 2. The second-order valence-electron chi connectivity index (χ2n) is 5.37. The van der Waals surface area contributed by atoms with Gasteiger partial charge in [-0.3, -0.25) is 0 Å². The van der Waals surface area contributed by atoms with E-state index in [2.05, 4.69) is 60.6 Å². The summed E-state index contributed by atoms with van der Waals surface area (Å²) < 4.78 is 5.41. The highest BCUT2D eigenvalue weighted by atomic mass is 16.5. The number of aromatic amines is 1. The van der Waals surface area contributed by atoms with Crippen molar-refractivity contribution in [3.05, 3.63) is 54.2 Å². The molecule has 108 valence electrons. The SMILES string of the molecule is CCCCc1ccc(OC)cc1-c1c[nH]c2ccccc12. The summed E-state index contributed by atoms with van der Waals surface area (Å²) in [4.78, 5) is 3.37. The van der Waals surface area contributed by atoms with Crippen molar-refractivity contribution in [2.45, 2.75) is 26.2 Å². The van der Waals surface area contributed by atoms with Crippen molar-refractivity contribution in [1.29, 1.82) is 0 Å². The van der Waals surface area contributed by atoms with Crippen LogP contribution in [0.3, 0.4) is 0 Å². The lowest BCUT2D eigenvalue weighted by Crippen LogP contribution is -1.92. The third-order valence-electron chi connectivity index (χ3n) is 4.00. The molecule has 21 heavy (non-hydrogen) atoms. The van der Waals surface area contributed by atoms with Crippen LogP contribution < -0.4 is 4.74 Å². The predicted octanol–water partition coefficient (Wildman–Crippen LogP) is 5.19. The second kappa shape index (κ2) is 6.04. The summed E-state index contributed by atoms with van der Waals surface area (Å²) in [5.41, 5.74) is 5.11. The molecule has 1 aromatic heterocycles. The number of aryl methyl sites for hydroxylation is 1. The number of nitrogens with one attached hydrogen (secondary N) is 1. The van der Waals surface area contributed by atoms with Crippen molar-refractivity contribution in [1.82, 2.24) is 4.98 Å². The van der Waals surface area contributed by atoms with Gasteiger partial charge in [-0.2, -0.15) is 0 Å². The molecule has 2 aromatic carbocycles. The zero-order valence-corrected chi connectivity index (χ0v) is 12.6. The van der Waals surface area contributed by atoms with Gasteiger partial charge >= 0.3 is 0 Å². The Bertz CT molecular complexity index is 742. The third-order valence-corrected chi connectivity index (χ3v) is 4.00. The molecule has 0 aliphatic carbocycles. The molecule has 1 N–H and O–H groups in total.